The van der Waals surface area contributed by atoms with E-state index in [-0.39, 0.29) is 11.3 Å². The van der Waals surface area contributed by atoms with E-state index in [4.69, 9.17) is 4.74 Å². The molecule has 0 aliphatic carbocycles. The first-order valence-corrected chi connectivity index (χ1v) is 8.23. The fraction of sp³-hybridized carbons (Fsp3) is 0.286. The summed E-state index contributed by atoms with van der Waals surface area (Å²) in [5.74, 6) is 0.890. The lowest BCUT2D eigenvalue weighted by atomic mass is 10.0. The molecular weight excluding hydrogens is 278 g/mol. The first kappa shape index (κ1) is 12.8. The number of thiophene rings is 1. The van der Waals surface area contributed by atoms with Crippen LogP contribution in [0.1, 0.15) is 11.6 Å². The Bertz CT molecular complexity index is 583. The Morgan fingerprint density at radius 1 is 1.32 bits per heavy atom. The van der Waals surface area contributed by atoms with Crippen LogP contribution >= 0.6 is 11.3 Å². The van der Waals surface area contributed by atoms with Gasteiger partial charge in [-0.05, 0) is 24.6 Å². The number of nitrogens with one attached hydrogen (secondary N) is 1. The van der Waals surface area contributed by atoms with Gasteiger partial charge in [0.1, 0.15) is 12.4 Å². The quantitative estimate of drug-likeness (QED) is 0.945. The van der Waals surface area contributed by atoms with Crippen LogP contribution in [0.5, 0.6) is 5.75 Å². The van der Waals surface area contributed by atoms with E-state index in [0.717, 1.165) is 15.5 Å². The van der Waals surface area contributed by atoms with Gasteiger partial charge in [0, 0.05) is 5.56 Å². The van der Waals surface area contributed by atoms with Crippen LogP contribution in [0.3, 0.4) is 0 Å². The maximum absolute atomic E-state index is 12.6. The predicted octanol–water partition coefficient (Wildman–Crippen LogP) is 2.58. The molecule has 3 rings (SSSR count). The molecule has 1 N–H and O–H groups in total. The van der Waals surface area contributed by atoms with E-state index in [2.05, 4.69) is 5.32 Å². The lowest BCUT2D eigenvalue weighted by Gasteiger charge is -2.32. The molecule has 1 aromatic heterocycles. The number of benzene rings is 1. The molecule has 2 heterocycles. The van der Waals surface area contributed by atoms with Crippen LogP contribution in [0.4, 0.5) is 0 Å². The second kappa shape index (κ2) is 5.45. The van der Waals surface area contributed by atoms with Crippen molar-refractivity contribution in [1.82, 2.24) is 5.32 Å². The minimum Gasteiger partial charge on any atom is -0.492 e. The molecule has 2 aromatic rings. The SMILES string of the molecule is CNC1c2ccccc2OCC1S(=O)c1cccs1. The Hall–Kier alpha value is -1.17. The van der Waals surface area contributed by atoms with Gasteiger partial charge in [-0.15, -0.1) is 11.3 Å². The van der Waals surface area contributed by atoms with E-state index in [0.29, 0.717) is 6.61 Å². The van der Waals surface area contributed by atoms with E-state index in [1.807, 2.05) is 48.8 Å². The number of hydrogen-bond donors (Lipinski definition) is 1. The molecule has 0 bridgehead atoms. The molecule has 3 atom stereocenters. The van der Waals surface area contributed by atoms with Crippen molar-refractivity contribution >= 4 is 22.1 Å². The Morgan fingerprint density at radius 2 is 2.16 bits per heavy atom. The third-order valence-electron chi connectivity index (χ3n) is 3.31. The molecule has 5 heteroatoms. The molecule has 19 heavy (non-hydrogen) atoms. The molecule has 1 aliphatic rings. The van der Waals surface area contributed by atoms with Crippen LogP contribution in [0, 0.1) is 0 Å². The standard InChI is InChI=1S/C14H15NO2S2/c1-15-14-10-5-2-3-6-11(10)17-9-12(14)19(16)13-7-4-8-18-13/h2-8,12,14-15H,9H2,1H3. The maximum atomic E-state index is 12.6. The summed E-state index contributed by atoms with van der Waals surface area (Å²) < 4.78 is 19.3. The summed E-state index contributed by atoms with van der Waals surface area (Å²) in [6.07, 6.45) is 0. The topological polar surface area (TPSA) is 38.3 Å². The van der Waals surface area contributed by atoms with E-state index >= 15 is 0 Å². The average molecular weight is 293 g/mol. The first-order chi connectivity index (χ1) is 9.31. The minimum atomic E-state index is -1.04. The zero-order chi connectivity index (χ0) is 13.2. The van der Waals surface area contributed by atoms with Crippen LogP contribution in [0.25, 0.3) is 0 Å². The molecule has 3 unspecified atom stereocenters. The van der Waals surface area contributed by atoms with Gasteiger partial charge in [-0.3, -0.25) is 4.21 Å². The molecule has 0 saturated carbocycles. The van der Waals surface area contributed by atoms with Gasteiger partial charge < -0.3 is 10.1 Å². The highest BCUT2D eigenvalue weighted by Gasteiger charge is 2.34. The largest absolute Gasteiger partial charge is 0.492 e. The zero-order valence-corrected chi connectivity index (χ0v) is 12.2. The summed E-state index contributed by atoms with van der Waals surface area (Å²) in [6.45, 7) is 0.479. The number of rotatable bonds is 3. The Labute approximate surface area is 119 Å². The normalized spacial score (nSPS) is 23.4. The summed E-state index contributed by atoms with van der Waals surface area (Å²) in [7, 11) is 0.863. The van der Waals surface area contributed by atoms with Crippen molar-refractivity contribution < 1.29 is 8.95 Å². The van der Waals surface area contributed by atoms with Crippen molar-refractivity contribution in [3.63, 3.8) is 0 Å². The number of fused-ring (bicyclic) bond motifs is 1. The van der Waals surface area contributed by atoms with E-state index in [1.165, 1.54) is 11.3 Å². The first-order valence-electron chi connectivity index (χ1n) is 6.14. The fourth-order valence-electron chi connectivity index (χ4n) is 2.39. The van der Waals surface area contributed by atoms with Crippen LogP contribution < -0.4 is 10.1 Å². The van der Waals surface area contributed by atoms with Crippen molar-refractivity contribution in [3.05, 3.63) is 47.3 Å². The highest BCUT2D eigenvalue weighted by molar-refractivity contribution is 7.88. The molecule has 0 radical (unpaired) electrons. The number of hydrogen-bond acceptors (Lipinski definition) is 4. The van der Waals surface area contributed by atoms with Crippen molar-refractivity contribution in [1.29, 1.82) is 0 Å². The van der Waals surface area contributed by atoms with Gasteiger partial charge in [0.05, 0.1) is 26.3 Å². The fourth-order valence-corrected chi connectivity index (χ4v) is 4.99. The molecule has 0 saturated heterocycles. The van der Waals surface area contributed by atoms with E-state index in [1.54, 1.807) is 0 Å². The van der Waals surface area contributed by atoms with E-state index in [9.17, 15) is 4.21 Å². The third kappa shape index (κ3) is 2.33. The maximum Gasteiger partial charge on any atom is 0.124 e. The van der Waals surface area contributed by atoms with Gasteiger partial charge in [0.25, 0.3) is 0 Å². The van der Waals surface area contributed by atoms with Gasteiger partial charge in [0.2, 0.25) is 0 Å². The molecule has 1 aliphatic heterocycles. The van der Waals surface area contributed by atoms with Crippen LogP contribution in [0.2, 0.25) is 0 Å². The Kier molecular flexibility index (Phi) is 3.68. The van der Waals surface area contributed by atoms with E-state index < -0.39 is 10.8 Å². The molecule has 0 spiro atoms. The molecular formula is C14H15NO2S2. The van der Waals surface area contributed by atoms with Gasteiger partial charge in [0.15, 0.2) is 0 Å². The lowest BCUT2D eigenvalue weighted by molar-refractivity contribution is 0.262. The monoisotopic (exact) mass is 293 g/mol. The van der Waals surface area contributed by atoms with Crippen molar-refractivity contribution in [2.24, 2.45) is 0 Å². The summed E-state index contributed by atoms with van der Waals surface area (Å²) in [5, 5.41) is 5.19. The second-order valence-corrected chi connectivity index (χ2v) is 7.23. The number of para-hydroxylation sites is 1. The van der Waals surface area contributed by atoms with Gasteiger partial charge >= 0.3 is 0 Å². The van der Waals surface area contributed by atoms with Gasteiger partial charge in [-0.1, -0.05) is 24.3 Å². The minimum absolute atomic E-state index is 0.0569. The summed E-state index contributed by atoms with van der Waals surface area (Å²) in [6, 6.07) is 11.9. The van der Waals surface area contributed by atoms with Gasteiger partial charge in [-0.25, -0.2) is 0 Å². The van der Waals surface area contributed by atoms with Crippen LogP contribution in [0.15, 0.2) is 46.0 Å². The molecule has 0 fully saturated rings. The summed E-state index contributed by atoms with van der Waals surface area (Å²) >= 11 is 1.54. The smallest absolute Gasteiger partial charge is 0.124 e. The van der Waals surface area contributed by atoms with Crippen molar-refractivity contribution in [2.45, 2.75) is 15.5 Å². The van der Waals surface area contributed by atoms with Crippen molar-refractivity contribution in [2.75, 3.05) is 13.7 Å². The van der Waals surface area contributed by atoms with Gasteiger partial charge in [-0.2, -0.15) is 0 Å². The van der Waals surface area contributed by atoms with Crippen LogP contribution in [-0.4, -0.2) is 23.1 Å². The average Bonchev–Trinajstić information content (AvgIpc) is 2.99. The molecule has 100 valence electrons. The second-order valence-electron chi connectivity index (χ2n) is 4.38. The zero-order valence-electron chi connectivity index (χ0n) is 10.5. The Morgan fingerprint density at radius 3 is 2.89 bits per heavy atom. The highest BCUT2D eigenvalue weighted by Crippen LogP contribution is 2.35. The van der Waals surface area contributed by atoms with Crippen LogP contribution in [-0.2, 0) is 10.8 Å². The summed E-state index contributed by atoms with van der Waals surface area (Å²) in [5.41, 5.74) is 1.09. The third-order valence-corrected chi connectivity index (χ3v) is 6.24. The van der Waals surface area contributed by atoms with Crippen molar-refractivity contribution in [3.8, 4) is 5.75 Å². The summed E-state index contributed by atoms with van der Waals surface area (Å²) in [4.78, 5) is 0. The molecule has 0 amide bonds. The number of ether oxygens (including phenoxy) is 1. The molecule has 3 nitrogen and oxygen atoms in total. The lowest BCUT2D eigenvalue weighted by Crippen LogP contribution is -2.40. The molecule has 1 aromatic carbocycles. The Balaban J connectivity index is 1.94. The predicted molar refractivity (Wildman–Crippen MR) is 78.3 cm³/mol. The highest BCUT2D eigenvalue weighted by atomic mass is 32.2.